The number of hydrazine groups is 1. The van der Waals surface area contributed by atoms with Gasteiger partial charge in [-0.05, 0) is 83.8 Å². The Bertz CT molecular complexity index is 898. The lowest BCUT2D eigenvalue weighted by molar-refractivity contribution is -0.150. The molecule has 0 rings (SSSR count). The molecule has 0 aliphatic carbocycles. The molecule has 0 saturated heterocycles. The molecule has 4 N–H and O–H groups in total. The van der Waals surface area contributed by atoms with Gasteiger partial charge in [0, 0.05) is 32.6 Å². The van der Waals surface area contributed by atoms with E-state index in [1.807, 2.05) is 0 Å². The van der Waals surface area contributed by atoms with E-state index in [9.17, 15) is 14.7 Å². The van der Waals surface area contributed by atoms with E-state index in [1.54, 1.807) is 18.3 Å². The zero-order valence-electron chi connectivity index (χ0n) is 39.0. The third-order valence-electron chi connectivity index (χ3n) is 11.5. The van der Waals surface area contributed by atoms with Gasteiger partial charge in [-0.3, -0.25) is 9.59 Å². The van der Waals surface area contributed by atoms with Gasteiger partial charge in [0.25, 0.3) is 0 Å². The predicted molar refractivity (Wildman–Crippen MR) is 246 cm³/mol. The number of nitrogens with one attached hydrogen (secondary N) is 1. The average Bonchev–Trinajstić information content (AvgIpc) is 3.22. The Balaban J connectivity index is 4.49. The van der Waals surface area contributed by atoms with Gasteiger partial charge in [-0.15, -0.1) is 0 Å². The number of hydrogen-bond donors (Lipinski definition) is 3. The van der Waals surface area contributed by atoms with Crippen molar-refractivity contribution in [2.75, 3.05) is 46.4 Å². The summed E-state index contributed by atoms with van der Waals surface area (Å²) in [6, 6.07) is 0. The van der Waals surface area contributed by atoms with Crippen LogP contribution < -0.4 is 11.2 Å². The number of nitrogens with zero attached hydrogens (tertiary/aromatic N) is 2. The first-order valence-electron chi connectivity index (χ1n) is 25.0. The maximum atomic E-state index is 12.8. The molecule has 0 unspecified atom stereocenters. The van der Waals surface area contributed by atoms with Gasteiger partial charge in [-0.2, -0.15) is 0 Å². The molecule has 0 aromatic heterocycles. The summed E-state index contributed by atoms with van der Waals surface area (Å²) in [5.74, 6) is 6.16. The summed E-state index contributed by atoms with van der Waals surface area (Å²) in [5, 5.41) is 14.1. The van der Waals surface area contributed by atoms with Crippen molar-refractivity contribution in [3.05, 3.63) is 11.9 Å². The third-order valence-corrected chi connectivity index (χ3v) is 11.5. The fraction of sp³-hybridized carbons (Fsp3) is 0.918. The molecule has 0 amide bonds. The lowest BCUT2D eigenvalue weighted by atomic mass is 10.0. The minimum atomic E-state index is -0.0586. The molecule has 9 nitrogen and oxygen atoms in total. The molecule has 0 aliphatic heterocycles. The Kier molecular flexibility index (Phi) is 43.3. The van der Waals surface area contributed by atoms with Gasteiger partial charge in [-0.1, -0.05) is 162 Å². The van der Waals surface area contributed by atoms with Crippen molar-refractivity contribution in [2.45, 2.75) is 245 Å². The molecule has 0 aliphatic rings. The number of hydrogen-bond acceptors (Lipinski definition) is 9. The Hall–Kier alpha value is -1.84. The quantitative estimate of drug-likeness (QED) is 0.0239. The number of rotatable bonds is 46. The molecule has 0 saturated carbocycles. The van der Waals surface area contributed by atoms with Crippen molar-refractivity contribution in [1.29, 1.82) is 0 Å². The molecule has 58 heavy (non-hydrogen) atoms. The second kappa shape index (κ2) is 44.7. The summed E-state index contributed by atoms with van der Waals surface area (Å²) in [4.78, 5) is 27.6. The Morgan fingerprint density at radius 1 is 0.552 bits per heavy atom. The van der Waals surface area contributed by atoms with Gasteiger partial charge in [0.2, 0.25) is 0 Å². The second-order valence-electron chi connectivity index (χ2n) is 17.1. The summed E-state index contributed by atoms with van der Waals surface area (Å²) in [7, 11) is 1.79. The largest absolute Gasteiger partial charge is 0.466 e. The van der Waals surface area contributed by atoms with Gasteiger partial charge in [0.1, 0.15) is 6.10 Å². The Morgan fingerprint density at radius 2 is 0.966 bits per heavy atom. The highest BCUT2D eigenvalue weighted by Crippen LogP contribution is 2.19. The zero-order valence-corrected chi connectivity index (χ0v) is 39.0. The fourth-order valence-corrected chi connectivity index (χ4v) is 7.66. The molecule has 0 heterocycles. The number of nitrogens with two attached hydrogens (primary N) is 1. The summed E-state index contributed by atoms with van der Waals surface area (Å²) < 4.78 is 11.5. The monoisotopic (exact) mass is 823 g/mol. The van der Waals surface area contributed by atoms with E-state index in [-0.39, 0.29) is 24.6 Å². The van der Waals surface area contributed by atoms with Crippen LogP contribution in [0.5, 0.6) is 0 Å². The normalized spacial score (nSPS) is 11.8. The lowest BCUT2D eigenvalue weighted by Gasteiger charge is -2.24. The van der Waals surface area contributed by atoms with Crippen molar-refractivity contribution in [3.63, 3.8) is 0 Å². The summed E-state index contributed by atoms with van der Waals surface area (Å²) in [6.45, 7) is 11.1. The summed E-state index contributed by atoms with van der Waals surface area (Å²) in [6.07, 6.45) is 40.9. The first kappa shape index (κ1) is 56.2. The molecule has 9 heteroatoms. The molecule has 0 radical (unpaired) electrons. The smallest absolute Gasteiger partial charge is 0.306 e. The highest BCUT2D eigenvalue weighted by Gasteiger charge is 2.14. The SMILES string of the molecule is CCCCCCCCCOC(=O)CCCCCCCN(CCCCCCCC(=O)OC(CCCCCCCC)CCCCCCCC)CCCN(N)/C=C(/CO)NC. The number of likely N-dealkylation sites (N-methyl/N-ethyl adjacent to an activating group) is 1. The highest BCUT2D eigenvalue weighted by atomic mass is 16.5. The number of unbranched alkanes of at least 4 members (excludes halogenated alkanes) is 24. The number of esters is 2. The van der Waals surface area contributed by atoms with Crippen LogP contribution in [0.1, 0.15) is 239 Å². The van der Waals surface area contributed by atoms with Gasteiger partial charge in [0.15, 0.2) is 0 Å². The number of carbonyl (C=O) groups excluding carboxylic acids is 2. The van der Waals surface area contributed by atoms with Gasteiger partial charge in [0.05, 0.1) is 18.9 Å². The van der Waals surface area contributed by atoms with E-state index < -0.39 is 0 Å². The minimum Gasteiger partial charge on any atom is -0.466 e. The number of aliphatic hydroxyl groups is 1. The zero-order chi connectivity index (χ0) is 42.6. The molecule has 0 spiro atoms. The van der Waals surface area contributed by atoms with Crippen molar-refractivity contribution in [2.24, 2.45) is 5.84 Å². The van der Waals surface area contributed by atoms with E-state index in [1.165, 1.54) is 122 Å². The third kappa shape index (κ3) is 39.6. The van der Waals surface area contributed by atoms with Gasteiger partial charge in [-0.25, -0.2) is 5.84 Å². The van der Waals surface area contributed by atoms with Crippen LogP contribution in [0.3, 0.4) is 0 Å². The van der Waals surface area contributed by atoms with Crippen LogP contribution in [-0.4, -0.2) is 79.5 Å². The van der Waals surface area contributed by atoms with E-state index in [0.29, 0.717) is 25.1 Å². The number of ether oxygens (including phenoxy) is 2. The molecular formula is C49H98N4O5. The summed E-state index contributed by atoms with van der Waals surface area (Å²) in [5.41, 5.74) is 0.704. The first-order valence-corrected chi connectivity index (χ1v) is 25.0. The van der Waals surface area contributed by atoms with Crippen LogP contribution in [0.15, 0.2) is 11.9 Å². The Labute approximate surface area is 359 Å². The topological polar surface area (TPSA) is 117 Å². The maximum absolute atomic E-state index is 12.8. The molecule has 0 aromatic carbocycles. The fourth-order valence-electron chi connectivity index (χ4n) is 7.66. The minimum absolute atomic E-state index is 0.0106. The summed E-state index contributed by atoms with van der Waals surface area (Å²) >= 11 is 0. The standard InChI is InChI=1S/C49H98N4O5/c1-5-8-11-14-17-26-33-43-57-48(55)37-29-22-18-24-31-39-52(41-34-42-53(50)44-46(45-54)51-4)40-32-25-19-23-30-38-49(56)58-47(35-27-20-15-12-9-6-2)36-28-21-16-13-10-7-3/h44,47,51,54H,5-43,45,50H2,1-4H3/b46-44-. The van der Waals surface area contributed by atoms with Gasteiger partial charge >= 0.3 is 11.9 Å². The molecular weight excluding hydrogens is 725 g/mol. The van der Waals surface area contributed by atoms with E-state index in [2.05, 4.69) is 31.0 Å². The highest BCUT2D eigenvalue weighted by molar-refractivity contribution is 5.69. The van der Waals surface area contributed by atoms with Crippen LogP contribution in [0.4, 0.5) is 0 Å². The predicted octanol–water partition coefficient (Wildman–Crippen LogP) is 12.3. The van der Waals surface area contributed by atoms with E-state index in [4.69, 9.17) is 15.3 Å². The lowest BCUT2D eigenvalue weighted by Crippen LogP contribution is -2.33. The Morgan fingerprint density at radius 3 is 1.45 bits per heavy atom. The average molecular weight is 823 g/mol. The molecule has 0 bridgehead atoms. The second-order valence-corrected chi connectivity index (χ2v) is 17.1. The van der Waals surface area contributed by atoms with Crippen LogP contribution in [0.2, 0.25) is 0 Å². The van der Waals surface area contributed by atoms with E-state index >= 15 is 0 Å². The van der Waals surface area contributed by atoms with Gasteiger partial charge < -0.3 is 29.8 Å². The molecule has 344 valence electrons. The number of carbonyl (C=O) groups is 2. The number of aliphatic hydroxyl groups excluding tert-OH is 1. The molecule has 0 aromatic rings. The van der Waals surface area contributed by atoms with Crippen LogP contribution in [0, 0.1) is 0 Å². The first-order chi connectivity index (χ1) is 28.4. The maximum Gasteiger partial charge on any atom is 0.306 e. The van der Waals surface area contributed by atoms with Crippen molar-refractivity contribution in [3.8, 4) is 0 Å². The van der Waals surface area contributed by atoms with Crippen LogP contribution >= 0.6 is 0 Å². The van der Waals surface area contributed by atoms with Crippen molar-refractivity contribution in [1.82, 2.24) is 15.2 Å². The van der Waals surface area contributed by atoms with Crippen LogP contribution in [-0.2, 0) is 19.1 Å². The van der Waals surface area contributed by atoms with E-state index in [0.717, 1.165) is 110 Å². The molecule has 0 atom stereocenters. The molecule has 0 fully saturated rings. The van der Waals surface area contributed by atoms with Crippen LogP contribution in [0.25, 0.3) is 0 Å². The van der Waals surface area contributed by atoms with Crippen molar-refractivity contribution >= 4 is 11.9 Å². The van der Waals surface area contributed by atoms with Crippen molar-refractivity contribution < 1.29 is 24.2 Å².